The van der Waals surface area contributed by atoms with Crippen LogP contribution in [0.1, 0.15) is 0 Å². The van der Waals surface area contributed by atoms with E-state index >= 15 is 0 Å². The molecule has 0 bridgehead atoms. The molecule has 3 aromatic carbocycles. The van der Waals surface area contributed by atoms with Gasteiger partial charge in [0.1, 0.15) is 7.85 Å². The third kappa shape index (κ3) is 1.98. The highest BCUT2D eigenvalue weighted by atomic mass is 16.5. The van der Waals surface area contributed by atoms with E-state index in [2.05, 4.69) is 17.0 Å². The first kappa shape index (κ1) is 12.1. The van der Waals surface area contributed by atoms with Gasteiger partial charge in [-0.1, -0.05) is 41.9 Å². The molecule has 98 valence electrons. The second-order valence-corrected chi connectivity index (χ2v) is 4.96. The summed E-state index contributed by atoms with van der Waals surface area (Å²) in [4.78, 5) is 2.19. The lowest BCUT2D eigenvalue weighted by Gasteiger charge is -2.32. The Bertz CT molecular complexity index is 753. The van der Waals surface area contributed by atoms with E-state index in [1.165, 1.54) is 0 Å². The summed E-state index contributed by atoms with van der Waals surface area (Å²) in [6.07, 6.45) is 0. The Morgan fingerprint density at radius 1 is 0.667 bits per heavy atom. The SMILES string of the molecule is [B]c1ccc(N2c3ccccc3Oc3ccccc32)cc1. The topological polar surface area (TPSA) is 12.5 Å². The molecule has 0 aliphatic carbocycles. The molecule has 0 saturated carbocycles. The van der Waals surface area contributed by atoms with Gasteiger partial charge in [0.25, 0.3) is 0 Å². The molecule has 0 N–H and O–H groups in total. The molecular formula is C18H12BNO. The standard InChI is InChI=1S/C18H12BNO/c19-13-9-11-14(12-10-13)20-15-5-1-3-7-17(15)21-18-8-4-2-6-16(18)20/h1-12H. The zero-order valence-corrected chi connectivity index (χ0v) is 11.4. The van der Waals surface area contributed by atoms with Crippen LogP contribution in [0.25, 0.3) is 0 Å². The third-order valence-electron chi connectivity index (χ3n) is 3.58. The van der Waals surface area contributed by atoms with E-state index < -0.39 is 0 Å². The van der Waals surface area contributed by atoms with Gasteiger partial charge in [-0.2, -0.15) is 0 Å². The normalized spacial score (nSPS) is 12.3. The average molecular weight is 269 g/mol. The molecule has 3 aromatic rings. The van der Waals surface area contributed by atoms with Crippen molar-refractivity contribution in [3.63, 3.8) is 0 Å². The van der Waals surface area contributed by atoms with Gasteiger partial charge in [-0.25, -0.2) is 0 Å². The molecule has 2 radical (unpaired) electrons. The zero-order valence-electron chi connectivity index (χ0n) is 11.4. The number of benzene rings is 3. The van der Waals surface area contributed by atoms with Crippen molar-refractivity contribution < 1.29 is 4.74 Å². The van der Waals surface area contributed by atoms with Crippen molar-refractivity contribution in [3.05, 3.63) is 72.8 Å². The van der Waals surface area contributed by atoms with Crippen molar-refractivity contribution in [1.82, 2.24) is 0 Å². The minimum absolute atomic E-state index is 0.758. The van der Waals surface area contributed by atoms with Gasteiger partial charge in [0, 0.05) is 5.69 Å². The first-order chi connectivity index (χ1) is 10.3. The Labute approximate surface area is 125 Å². The zero-order chi connectivity index (χ0) is 14.2. The molecule has 4 rings (SSSR count). The first-order valence-corrected chi connectivity index (χ1v) is 6.84. The number of fused-ring (bicyclic) bond motifs is 2. The fourth-order valence-electron chi connectivity index (χ4n) is 2.61. The van der Waals surface area contributed by atoms with Gasteiger partial charge >= 0.3 is 0 Å². The largest absolute Gasteiger partial charge is 0.453 e. The lowest BCUT2D eigenvalue weighted by atomic mass is 9.96. The predicted octanol–water partition coefficient (Wildman–Crippen LogP) is 4.06. The maximum absolute atomic E-state index is 5.99. The molecule has 0 aromatic heterocycles. The second-order valence-electron chi connectivity index (χ2n) is 4.96. The Morgan fingerprint density at radius 3 is 1.76 bits per heavy atom. The molecule has 1 aliphatic heterocycles. The van der Waals surface area contributed by atoms with Crippen LogP contribution >= 0.6 is 0 Å². The van der Waals surface area contributed by atoms with E-state index in [4.69, 9.17) is 12.6 Å². The van der Waals surface area contributed by atoms with Gasteiger partial charge in [-0.3, -0.25) is 0 Å². The number of para-hydroxylation sites is 4. The quantitative estimate of drug-likeness (QED) is 0.483. The number of ether oxygens (including phenoxy) is 1. The predicted molar refractivity (Wildman–Crippen MR) is 86.6 cm³/mol. The first-order valence-electron chi connectivity index (χ1n) is 6.84. The summed E-state index contributed by atoms with van der Waals surface area (Å²) in [5, 5.41) is 0. The van der Waals surface area contributed by atoms with Gasteiger partial charge in [0.2, 0.25) is 0 Å². The number of rotatable bonds is 1. The van der Waals surface area contributed by atoms with Crippen LogP contribution in [-0.4, -0.2) is 7.85 Å². The highest BCUT2D eigenvalue weighted by Gasteiger charge is 2.24. The molecule has 1 heterocycles. The lowest BCUT2D eigenvalue weighted by Crippen LogP contribution is -2.16. The summed E-state index contributed by atoms with van der Waals surface area (Å²) in [5.41, 5.74) is 3.88. The Kier molecular flexibility index (Phi) is 2.71. The van der Waals surface area contributed by atoms with E-state index in [9.17, 15) is 0 Å². The van der Waals surface area contributed by atoms with Crippen LogP contribution in [0.2, 0.25) is 0 Å². The third-order valence-corrected chi connectivity index (χ3v) is 3.58. The van der Waals surface area contributed by atoms with E-state index in [0.717, 1.165) is 34.0 Å². The Morgan fingerprint density at radius 2 is 1.19 bits per heavy atom. The van der Waals surface area contributed by atoms with Crippen molar-refractivity contribution in [2.45, 2.75) is 0 Å². The number of nitrogens with zero attached hydrogens (tertiary/aromatic N) is 1. The van der Waals surface area contributed by atoms with Crippen LogP contribution in [0, 0.1) is 0 Å². The monoisotopic (exact) mass is 269 g/mol. The molecule has 0 unspecified atom stereocenters. The Hall–Kier alpha value is -2.68. The molecule has 21 heavy (non-hydrogen) atoms. The van der Waals surface area contributed by atoms with Crippen LogP contribution < -0.4 is 15.1 Å². The number of hydrogen-bond donors (Lipinski definition) is 0. The van der Waals surface area contributed by atoms with E-state index in [1.807, 2.05) is 60.7 Å². The number of hydrogen-bond acceptors (Lipinski definition) is 2. The van der Waals surface area contributed by atoms with E-state index in [1.54, 1.807) is 0 Å². The van der Waals surface area contributed by atoms with Crippen LogP contribution in [0.4, 0.5) is 17.1 Å². The van der Waals surface area contributed by atoms with E-state index in [-0.39, 0.29) is 0 Å². The summed E-state index contributed by atoms with van der Waals surface area (Å²) < 4.78 is 5.99. The highest BCUT2D eigenvalue weighted by Crippen LogP contribution is 2.49. The summed E-state index contributed by atoms with van der Waals surface area (Å²) >= 11 is 0. The molecule has 0 amide bonds. The van der Waals surface area contributed by atoms with Crippen molar-refractivity contribution in [2.24, 2.45) is 0 Å². The summed E-state index contributed by atoms with van der Waals surface area (Å²) in [7, 11) is 5.80. The van der Waals surface area contributed by atoms with Crippen LogP contribution in [0.3, 0.4) is 0 Å². The van der Waals surface area contributed by atoms with Crippen molar-refractivity contribution in [3.8, 4) is 11.5 Å². The van der Waals surface area contributed by atoms with Crippen molar-refractivity contribution >= 4 is 30.4 Å². The van der Waals surface area contributed by atoms with Crippen molar-refractivity contribution in [2.75, 3.05) is 4.90 Å². The van der Waals surface area contributed by atoms with Crippen LogP contribution in [0.5, 0.6) is 11.5 Å². The molecule has 0 fully saturated rings. The second kappa shape index (κ2) is 4.71. The summed E-state index contributed by atoms with van der Waals surface area (Å²) in [6.45, 7) is 0. The van der Waals surface area contributed by atoms with Gasteiger partial charge in [-0.15, -0.1) is 0 Å². The lowest BCUT2D eigenvalue weighted by molar-refractivity contribution is 0.477. The molecule has 2 nitrogen and oxygen atoms in total. The van der Waals surface area contributed by atoms with E-state index in [0.29, 0.717) is 0 Å². The number of anilines is 3. The summed E-state index contributed by atoms with van der Waals surface area (Å²) in [6, 6.07) is 23.9. The smallest absolute Gasteiger partial charge is 0.151 e. The molecule has 3 heteroatoms. The molecule has 1 aliphatic rings. The van der Waals surface area contributed by atoms with Crippen LogP contribution in [0.15, 0.2) is 72.8 Å². The molecule has 0 saturated heterocycles. The highest BCUT2D eigenvalue weighted by molar-refractivity contribution is 6.32. The van der Waals surface area contributed by atoms with Gasteiger partial charge < -0.3 is 9.64 Å². The maximum Gasteiger partial charge on any atom is 0.151 e. The van der Waals surface area contributed by atoms with Gasteiger partial charge in [-0.05, 0) is 36.4 Å². The maximum atomic E-state index is 5.99. The average Bonchev–Trinajstić information content (AvgIpc) is 2.53. The van der Waals surface area contributed by atoms with Crippen LogP contribution in [-0.2, 0) is 0 Å². The van der Waals surface area contributed by atoms with Gasteiger partial charge in [0.15, 0.2) is 11.5 Å². The minimum atomic E-state index is 0.758. The minimum Gasteiger partial charge on any atom is -0.453 e. The molecule has 0 atom stereocenters. The fraction of sp³-hybridized carbons (Fsp3) is 0. The summed E-state index contributed by atoms with van der Waals surface area (Å²) in [5.74, 6) is 1.71. The fourth-order valence-corrected chi connectivity index (χ4v) is 2.61. The molecular weight excluding hydrogens is 257 g/mol. The Balaban J connectivity index is 1.95. The van der Waals surface area contributed by atoms with Crippen molar-refractivity contribution in [1.29, 1.82) is 0 Å². The molecule has 0 spiro atoms. The van der Waals surface area contributed by atoms with Gasteiger partial charge in [0.05, 0.1) is 11.4 Å².